The lowest BCUT2D eigenvalue weighted by Crippen LogP contribution is -2.21. The molecule has 1 amide bonds. The number of nitrogens with one attached hydrogen (secondary N) is 2. The molecule has 0 radical (unpaired) electrons. The van der Waals surface area contributed by atoms with Gasteiger partial charge in [-0.1, -0.05) is 18.2 Å². The van der Waals surface area contributed by atoms with E-state index in [0.717, 1.165) is 0 Å². The number of para-hydroxylation sites is 1. The van der Waals surface area contributed by atoms with Crippen molar-refractivity contribution in [2.75, 3.05) is 30.9 Å². The Bertz CT molecular complexity index is 1240. The van der Waals surface area contributed by atoms with Crippen molar-refractivity contribution in [1.82, 2.24) is 0 Å². The number of rotatable bonds is 9. The molecule has 0 bridgehead atoms. The molecule has 0 saturated carbocycles. The van der Waals surface area contributed by atoms with Gasteiger partial charge in [-0.3, -0.25) is 9.52 Å². The number of sulfonamides is 1. The molecule has 9 nitrogen and oxygen atoms in total. The zero-order valence-electron chi connectivity index (χ0n) is 17.9. The van der Waals surface area contributed by atoms with Crippen molar-refractivity contribution in [2.45, 2.75) is 4.90 Å². The van der Waals surface area contributed by atoms with Gasteiger partial charge in [0.25, 0.3) is 15.9 Å². The van der Waals surface area contributed by atoms with Gasteiger partial charge < -0.3 is 19.5 Å². The first kappa shape index (κ1) is 23.6. The average molecular weight is 471 g/mol. The first-order valence-electron chi connectivity index (χ1n) is 9.69. The summed E-state index contributed by atoms with van der Waals surface area (Å²) in [6, 6.07) is 18.6. The van der Waals surface area contributed by atoms with Gasteiger partial charge in [-0.2, -0.15) is 0 Å². The van der Waals surface area contributed by atoms with Crippen molar-refractivity contribution < 1.29 is 32.2 Å². The molecule has 0 spiro atoms. The third kappa shape index (κ3) is 6.23. The maximum absolute atomic E-state index is 12.6. The minimum Gasteiger partial charge on any atom is -0.497 e. The molecule has 33 heavy (non-hydrogen) atoms. The van der Waals surface area contributed by atoms with Crippen LogP contribution in [0.25, 0.3) is 0 Å². The van der Waals surface area contributed by atoms with Crippen LogP contribution in [0.2, 0.25) is 0 Å². The Labute approximate surface area is 191 Å². The van der Waals surface area contributed by atoms with Crippen LogP contribution in [0.1, 0.15) is 10.4 Å². The highest BCUT2D eigenvalue weighted by Crippen LogP contribution is 2.22. The van der Waals surface area contributed by atoms with E-state index in [4.69, 9.17) is 14.2 Å². The second-order valence-corrected chi connectivity index (χ2v) is 8.37. The summed E-state index contributed by atoms with van der Waals surface area (Å²) in [5.74, 6) is -0.257. The highest BCUT2D eigenvalue weighted by molar-refractivity contribution is 7.92. The third-order valence-corrected chi connectivity index (χ3v) is 5.83. The lowest BCUT2D eigenvalue weighted by atomic mass is 10.2. The van der Waals surface area contributed by atoms with Gasteiger partial charge in [-0.05, 0) is 48.5 Å². The lowest BCUT2D eigenvalue weighted by Gasteiger charge is -2.11. The standard InChI is InChI=1S/C23H22N2O7S/c1-30-18-7-5-6-16(14-18)25-33(28,29)19-12-10-17(11-13-19)32-15-22(26)24-21-9-4-3-8-20(21)23(27)31-2/h3-14,25H,15H2,1-2H3,(H,24,26). The number of carbonyl (C=O) groups is 2. The van der Waals surface area contributed by atoms with E-state index in [9.17, 15) is 18.0 Å². The number of amides is 1. The minimum absolute atomic E-state index is 0.0223. The van der Waals surface area contributed by atoms with Gasteiger partial charge in [0.05, 0.1) is 36.1 Å². The van der Waals surface area contributed by atoms with Crippen molar-refractivity contribution >= 4 is 33.3 Å². The number of benzene rings is 3. The summed E-state index contributed by atoms with van der Waals surface area (Å²) in [6.07, 6.45) is 0. The van der Waals surface area contributed by atoms with E-state index in [1.807, 2.05) is 0 Å². The molecule has 0 fully saturated rings. The number of methoxy groups -OCH3 is 2. The van der Waals surface area contributed by atoms with E-state index in [-0.39, 0.29) is 17.1 Å². The molecular weight excluding hydrogens is 448 g/mol. The van der Waals surface area contributed by atoms with Gasteiger partial charge in [0.2, 0.25) is 0 Å². The van der Waals surface area contributed by atoms with Crippen LogP contribution in [0.15, 0.2) is 77.7 Å². The van der Waals surface area contributed by atoms with Crippen molar-refractivity contribution in [3.63, 3.8) is 0 Å². The molecular formula is C23H22N2O7S. The summed E-state index contributed by atoms with van der Waals surface area (Å²) < 4.78 is 42.9. The molecule has 0 aliphatic heterocycles. The van der Waals surface area contributed by atoms with Gasteiger partial charge in [0, 0.05) is 6.07 Å². The number of anilines is 2. The van der Waals surface area contributed by atoms with Crippen LogP contribution >= 0.6 is 0 Å². The highest BCUT2D eigenvalue weighted by atomic mass is 32.2. The van der Waals surface area contributed by atoms with E-state index < -0.39 is 21.9 Å². The van der Waals surface area contributed by atoms with Crippen LogP contribution in [0, 0.1) is 0 Å². The van der Waals surface area contributed by atoms with Gasteiger partial charge in [-0.15, -0.1) is 0 Å². The molecule has 2 N–H and O–H groups in total. The maximum atomic E-state index is 12.6. The summed E-state index contributed by atoms with van der Waals surface area (Å²) >= 11 is 0. The Kier molecular flexibility index (Phi) is 7.52. The normalized spacial score (nSPS) is 10.7. The Morgan fingerprint density at radius 1 is 0.879 bits per heavy atom. The molecule has 10 heteroatoms. The summed E-state index contributed by atoms with van der Waals surface area (Å²) in [4.78, 5) is 24.0. The van der Waals surface area contributed by atoms with Gasteiger partial charge in [0.15, 0.2) is 6.61 Å². The molecule has 0 unspecified atom stereocenters. The number of hydrogen-bond acceptors (Lipinski definition) is 7. The van der Waals surface area contributed by atoms with E-state index in [0.29, 0.717) is 22.9 Å². The molecule has 0 atom stereocenters. The zero-order chi connectivity index (χ0) is 23.8. The number of ether oxygens (including phenoxy) is 3. The second-order valence-electron chi connectivity index (χ2n) is 6.68. The van der Waals surface area contributed by atoms with E-state index in [2.05, 4.69) is 10.0 Å². The van der Waals surface area contributed by atoms with E-state index >= 15 is 0 Å². The smallest absolute Gasteiger partial charge is 0.339 e. The fourth-order valence-electron chi connectivity index (χ4n) is 2.83. The first-order valence-corrected chi connectivity index (χ1v) is 11.2. The predicted octanol–water partition coefficient (Wildman–Crippen LogP) is 3.30. The number of esters is 1. The summed E-state index contributed by atoms with van der Waals surface area (Å²) in [5, 5.41) is 2.59. The number of hydrogen-bond donors (Lipinski definition) is 2. The van der Waals surface area contributed by atoms with Gasteiger partial charge in [-0.25, -0.2) is 13.2 Å². The zero-order valence-corrected chi connectivity index (χ0v) is 18.7. The minimum atomic E-state index is -3.83. The van der Waals surface area contributed by atoms with E-state index in [1.165, 1.54) is 44.6 Å². The topological polar surface area (TPSA) is 120 Å². The van der Waals surface area contributed by atoms with Crippen molar-refractivity contribution in [3.8, 4) is 11.5 Å². The second kappa shape index (κ2) is 10.5. The van der Waals surface area contributed by atoms with Crippen LogP contribution < -0.4 is 19.5 Å². The Morgan fingerprint density at radius 2 is 1.61 bits per heavy atom. The quantitative estimate of drug-likeness (QED) is 0.461. The largest absolute Gasteiger partial charge is 0.497 e. The highest BCUT2D eigenvalue weighted by Gasteiger charge is 2.16. The SMILES string of the molecule is COC(=O)c1ccccc1NC(=O)COc1ccc(S(=O)(=O)Nc2cccc(OC)c2)cc1. The first-order chi connectivity index (χ1) is 15.8. The van der Waals surface area contributed by atoms with Gasteiger partial charge >= 0.3 is 5.97 Å². The summed E-state index contributed by atoms with van der Waals surface area (Å²) in [6.45, 7) is -0.344. The summed E-state index contributed by atoms with van der Waals surface area (Å²) in [5.41, 5.74) is 0.869. The van der Waals surface area contributed by atoms with Gasteiger partial charge in [0.1, 0.15) is 11.5 Å². The van der Waals surface area contributed by atoms with Crippen molar-refractivity contribution in [3.05, 3.63) is 78.4 Å². The maximum Gasteiger partial charge on any atom is 0.339 e. The Morgan fingerprint density at radius 3 is 2.30 bits per heavy atom. The molecule has 3 aromatic carbocycles. The van der Waals surface area contributed by atoms with Crippen LogP contribution in [0.4, 0.5) is 11.4 Å². The molecule has 3 aromatic rings. The van der Waals surface area contributed by atoms with E-state index in [1.54, 1.807) is 42.5 Å². The Hall–Kier alpha value is -4.05. The fraction of sp³-hybridized carbons (Fsp3) is 0.130. The fourth-order valence-corrected chi connectivity index (χ4v) is 3.88. The lowest BCUT2D eigenvalue weighted by molar-refractivity contribution is -0.118. The molecule has 3 rings (SSSR count). The van der Waals surface area contributed by atoms with Crippen molar-refractivity contribution in [2.24, 2.45) is 0 Å². The molecule has 0 aliphatic rings. The molecule has 0 aliphatic carbocycles. The molecule has 0 aromatic heterocycles. The molecule has 172 valence electrons. The molecule has 0 heterocycles. The van der Waals surface area contributed by atoms with Crippen LogP contribution in [0.5, 0.6) is 11.5 Å². The van der Waals surface area contributed by atoms with Crippen molar-refractivity contribution in [1.29, 1.82) is 0 Å². The predicted molar refractivity (Wildman–Crippen MR) is 122 cm³/mol. The summed E-state index contributed by atoms with van der Waals surface area (Å²) in [7, 11) is -1.09. The monoisotopic (exact) mass is 470 g/mol. The van der Waals surface area contributed by atoms with Crippen LogP contribution in [-0.4, -0.2) is 41.1 Å². The molecule has 0 saturated heterocycles. The number of carbonyl (C=O) groups excluding carboxylic acids is 2. The average Bonchev–Trinajstić information content (AvgIpc) is 2.82. The van der Waals surface area contributed by atoms with Crippen LogP contribution in [0.3, 0.4) is 0 Å². The third-order valence-electron chi connectivity index (χ3n) is 4.43. The Balaban J connectivity index is 1.60. The van der Waals surface area contributed by atoms with Crippen LogP contribution in [-0.2, 0) is 19.6 Å².